The third-order valence-electron chi connectivity index (χ3n) is 5.72. The number of rotatable bonds is 4. The predicted molar refractivity (Wildman–Crippen MR) is 92.6 cm³/mol. The number of aliphatic hydroxyl groups is 1. The van der Waals surface area contributed by atoms with Crippen LogP contribution in [0.3, 0.4) is 0 Å². The lowest BCUT2D eigenvalue weighted by molar-refractivity contribution is -0.0446. The molecule has 11 heteroatoms. The highest BCUT2D eigenvalue weighted by Crippen LogP contribution is 2.37. The summed E-state index contributed by atoms with van der Waals surface area (Å²) in [7, 11) is 1.24. The quantitative estimate of drug-likeness (QED) is 0.536. The van der Waals surface area contributed by atoms with E-state index in [-0.39, 0.29) is 28.9 Å². The second kappa shape index (κ2) is 6.38. The predicted octanol–water partition coefficient (Wildman–Crippen LogP) is -2.03. The molecule has 28 heavy (non-hydrogen) atoms. The molecule has 4 rings (SSSR count). The van der Waals surface area contributed by atoms with Crippen LogP contribution in [0, 0.1) is 5.92 Å². The standard InChI is InChI=1S/C17H21F3N4O4/c1-28-14-12-9(15(26)22-16(27)24(12)8-2-3-8)11(21)10(18)13(14)23-4-7(5-25)17(19,20)6-23/h7-8,10,13,25H,2-6,21H2,1H3,(H,22,26,27). The molecule has 1 aromatic heterocycles. The number of ether oxygens (including phenoxy) is 1. The first-order valence-electron chi connectivity index (χ1n) is 9.00. The van der Waals surface area contributed by atoms with Crippen molar-refractivity contribution in [3.8, 4) is 0 Å². The highest BCUT2D eigenvalue weighted by Gasteiger charge is 2.52. The van der Waals surface area contributed by atoms with E-state index in [2.05, 4.69) is 4.98 Å². The van der Waals surface area contributed by atoms with E-state index in [1.807, 2.05) is 0 Å². The van der Waals surface area contributed by atoms with Crippen molar-refractivity contribution in [3.63, 3.8) is 0 Å². The van der Waals surface area contributed by atoms with Crippen LogP contribution in [0.4, 0.5) is 13.2 Å². The molecular formula is C17H21F3N4O4. The summed E-state index contributed by atoms with van der Waals surface area (Å²) in [6.45, 7) is -1.83. The number of aliphatic hydroxyl groups excluding tert-OH is 1. The molecule has 3 aliphatic rings. The molecule has 1 aromatic rings. The number of H-pyrrole nitrogens is 1. The Balaban J connectivity index is 1.99. The van der Waals surface area contributed by atoms with Crippen LogP contribution in [0.15, 0.2) is 9.59 Å². The lowest BCUT2D eigenvalue weighted by atomic mass is 9.98. The minimum atomic E-state index is -3.22. The molecule has 0 spiro atoms. The Morgan fingerprint density at radius 2 is 2.04 bits per heavy atom. The molecule has 2 heterocycles. The lowest BCUT2D eigenvalue weighted by Crippen LogP contribution is -2.63. The minimum absolute atomic E-state index is 0.0471. The Labute approximate surface area is 156 Å². The van der Waals surface area contributed by atoms with E-state index in [1.54, 1.807) is 0 Å². The molecule has 154 valence electrons. The van der Waals surface area contributed by atoms with Crippen molar-refractivity contribution in [1.82, 2.24) is 14.5 Å². The Morgan fingerprint density at radius 1 is 1.36 bits per heavy atom. The van der Waals surface area contributed by atoms with Crippen LogP contribution >= 0.6 is 0 Å². The first kappa shape index (κ1) is 19.1. The van der Waals surface area contributed by atoms with Gasteiger partial charge in [0.2, 0.25) is 0 Å². The number of alkyl halides is 3. The zero-order valence-corrected chi connectivity index (χ0v) is 15.1. The van der Waals surface area contributed by atoms with Gasteiger partial charge in [0.15, 0.2) is 6.17 Å². The zero-order valence-electron chi connectivity index (χ0n) is 15.1. The van der Waals surface area contributed by atoms with Crippen LogP contribution in [0.2, 0.25) is 0 Å². The molecule has 1 aliphatic heterocycles. The summed E-state index contributed by atoms with van der Waals surface area (Å²) >= 11 is 0. The summed E-state index contributed by atoms with van der Waals surface area (Å²) < 4.78 is 50.3. The number of nitrogens with zero attached hydrogens (tertiary/aromatic N) is 2. The highest BCUT2D eigenvalue weighted by atomic mass is 19.3. The van der Waals surface area contributed by atoms with Crippen molar-refractivity contribution >= 4 is 11.5 Å². The van der Waals surface area contributed by atoms with Crippen molar-refractivity contribution in [1.29, 1.82) is 0 Å². The van der Waals surface area contributed by atoms with Crippen molar-refractivity contribution in [2.24, 2.45) is 11.7 Å². The summed E-state index contributed by atoms with van der Waals surface area (Å²) in [5.41, 5.74) is 3.97. The van der Waals surface area contributed by atoms with E-state index in [0.717, 1.165) is 4.90 Å². The van der Waals surface area contributed by atoms with Gasteiger partial charge in [0.1, 0.15) is 11.8 Å². The van der Waals surface area contributed by atoms with E-state index in [4.69, 9.17) is 10.5 Å². The first-order chi connectivity index (χ1) is 13.2. The van der Waals surface area contributed by atoms with Gasteiger partial charge in [-0.25, -0.2) is 18.0 Å². The molecule has 2 aliphatic carbocycles. The monoisotopic (exact) mass is 402 g/mol. The molecule has 2 fully saturated rings. The van der Waals surface area contributed by atoms with Gasteiger partial charge in [-0.15, -0.1) is 0 Å². The topological polar surface area (TPSA) is 114 Å². The largest absolute Gasteiger partial charge is 0.497 e. The summed E-state index contributed by atoms with van der Waals surface area (Å²) in [4.78, 5) is 28.1. The Hall–Kier alpha value is -2.27. The molecule has 0 aromatic carbocycles. The summed E-state index contributed by atoms with van der Waals surface area (Å²) in [6, 6.07) is -1.52. The Morgan fingerprint density at radius 3 is 2.57 bits per heavy atom. The maximum atomic E-state index is 15.3. The minimum Gasteiger partial charge on any atom is -0.497 e. The van der Waals surface area contributed by atoms with Crippen molar-refractivity contribution in [2.75, 3.05) is 26.8 Å². The summed E-state index contributed by atoms with van der Waals surface area (Å²) in [5.74, 6) is -4.65. The van der Waals surface area contributed by atoms with Crippen LogP contribution in [0.5, 0.6) is 0 Å². The number of likely N-dealkylation sites (tertiary alicyclic amines) is 1. The molecule has 1 saturated heterocycles. The number of aromatic nitrogens is 2. The molecule has 8 nitrogen and oxygen atoms in total. The average molecular weight is 402 g/mol. The normalized spacial score (nSPS) is 29.8. The highest BCUT2D eigenvalue weighted by molar-refractivity contribution is 5.60. The SMILES string of the molecule is COC1=c2c(c(=O)[nH]c(=O)n2C2CC2)=C(N)C(F)C1N1CC(CO)C(F)(F)C1. The van der Waals surface area contributed by atoms with Gasteiger partial charge >= 0.3 is 5.69 Å². The molecule has 0 radical (unpaired) electrons. The number of halogens is 3. The number of aromatic amines is 1. The third kappa shape index (κ3) is 2.67. The van der Waals surface area contributed by atoms with Crippen LogP contribution in [0.25, 0.3) is 11.5 Å². The second-order valence-electron chi connectivity index (χ2n) is 7.52. The van der Waals surface area contributed by atoms with Gasteiger partial charge < -0.3 is 15.6 Å². The van der Waals surface area contributed by atoms with E-state index in [1.165, 1.54) is 11.7 Å². The lowest BCUT2D eigenvalue weighted by Gasteiger charge is -2.34. The van der Waals surface area contributed by atoms with Gasteiger partial charge in [-0.1, -0.05) is 0 Å². The summed E-state index contributed by atoms with van der Waals surface area (Å²) in [5, 5.41) is 9.10. The van der Waals surface area contributed by atoms with Crippen LogP contribution in [-0.2, 0) is 4.74 Å². The molecule has 3 atom stereocenters. The van der Waals surface area contributed by atoms with Gasteiger partial charge in [-0.3, -0.25) is 19.2 Å². The van der Waals surface area contributed by atoms with Crippen molar-refractivity contribution in [3.05, 3.63) is 31.4 Å². The number of nitrogens with two attached hydrogens (primary N) is 1. The van der Waals surface area contributed by atoms with Crippen LogP contribution in [-0.4, -0.2) is 64.5 Å². The van der Waals surface area contributed by atoms with Crippen LogP contribution < -0.4 is 27.6 Å². The average Bonchev–Trinajstić information content (AvgIpc) is 3.40. The molecule has 0 amide bonds. The van der Waals surface area contributed by atoms with Gasteiger partial charge in [-0.05, 0) is 12.8 Å². The fraction of sp³-hybridized carbons (Fsp3) is 0.647. The third-order valence-corrected chi connectivity index (χ3v) is 5.72. The van der Waals surface area contributed by atoms with Crippen molar-refractivity contribution < 1.29 is 23.0 Å². The Kier molecular flexibility index (Phi) is 4.34. The second-order valence-corrected chi connectivity index (χ2v) is 7.52. The molecule has 3 unspecified atom stereocenters. The van der Waals surface area contributed by atoms with Crippen molar-refractivity contribution in [2.45, 2.75) is 37.0 Å². The first-order valence-corrected chi connectivity index (χ1v) is 9.00. The van der Waals surface area contributed by atoms with E-state index in [0.29, 0.717) is 12.8 Å². The van der Waals surface area contributed by atoms with Gasteiger partial charge in [0.25, 0.3) is 11.5 Å². The van der Waals surface area contributed by atoms with E-state index >= 15 is 4.39 Å². The molecule has 0 bridgehead atoms. The molecule has 1 saturated carbocycles. The fourth-order valence-electron chi connectivity index (χ4n) is 4.17. The maximum absolute atomic E-state index is 15.3. The van der Waals surface area contributed by atoms with E-state index in [9.17, 15) is 23.5 Å². The number of fused-ring (bicyclic) bond motifs is 1. The van der Waals surface area contributed by atoms with Crippen LogP contribution in [0.1, 0.15) is 18.9 Å². The number of hydrogen-bond acceptors (Lipinski definition) is 6. The Bertz CT molecular complexity index is 1050. The fourth-order valence-corrected chi connectivity index (χ4v) is 4.17. The number of hydrogen-bond donors (Lipinski definition) is 3. The number of nitrogens with one attached hydrogen (secondary N) is 1. The summed E-state index contributed by atoms with van der Waals surface area (Å²) in [6.07, 6.45) is -0.609. The zero-order chi connectivity index (χ0) is 20.4. The molecular weight excluding hydrogens is 381 g/mol. The van der Waals surface area contributed by atoms with E-state index < -0.39 is 54.2 Å². The molecule has 4 N–H and O–H groups in total. The smallest absolute Gasteiger partial charge is 0.329 e. The maximum Gasteiger partial charge on any atom is 0.329 e. The number of methoxy groups -OCH3 is 1. The van der Waals surface area contributed by atoms with Gasteiger partial charge in [0, 0.05) is 12.6 Å². The van der Waals surface area contributed by atoms with Gasteiger partial charge in [-0.2, -0.15) is 0 Å². The van der Waals surface area contributed by atoms with Gasteiger partial charge in [0.05, 0.1) is 42.4 Å².